The fourth-order valence-corrected chi connectivity index (χ4v) is 2.92. The number of nitrogens with one attached hydrogen (secondary N) is 1. The number of anilines is 2. The van der Waals surface area contributed by atoms with E-state index in [0.717, 1.165) is 18.2 Å². The van der Waals surface area contributed by atoms with Crippen LogP contribution in [0.15, 0.2) is 0 Å². The van der Waals surface area contributed by atoms with E-state index >= 15 is 0 Å². The number of nitrogens with zero attached hydrogens (tertiary/aromatic N) is 3. The Morgan fingerprint density at radius 3 is 2.43 bits per heavy atom. The van der Waals surface area contributed by atoms with Gasteiger partial charge in [-0.1, -0.05) is 11.3 Å². The van der Waals surface area contributed by atoms with Gasteiger partial charge in [-0.2, -0.15) is 0 Å². The number of aromatic nitrogens is 1. The predicted molar refractivity (Wildman–Crippen MR) is 85.7 cm³/mol. The van der Waals surface area contributed by atoms with Gasteiger partial charge in [0.1, 0.15) is 10.7 Å². The third kappa shape index (κ3) is 4.32. The molecule has 0 aromatic carbocycles. The molecule has 1 aromatic rings. The topological polar surface area (TPSA) is 91.6 Å². The van der Waals surface area contributed by atoms with E-state index < -0.39 is 0 Å². The minimum absolute atomic E-state index is 0.00458. The zero-order valence-corrected chi connectivity index (χ0v) is 13.8. The van der Waals surface area contributed by atoms with Crippen LogP contribution in [-0.4, -0.2) is 54.9 Å². The van der Waals surface area contributed by atoms with Crippen molar-refractivity contribution in [2.24, 2.45) is 0 Å². The maximum Gasteiger partial charge on any atom is 0.268 e. The molecule has 0 radical (unpaired) electrons. The van der Waals surface area contributed by atoms with Crippen molar-refractivity contribution in [2.75, 3.05) is 43.9 Å². The molecule has 0 aliphatic carbocycles. The Morgan fingerprint density at radius 2 is 1.90 bits per heavy atom. The maximum atomic E-state index is 12.3. The van der Waals surface area contributed by atoms with Gasteiger partial charge in [-0.05, 0) is 20.8 Å². The second-order valence-electron chi connectivity index (χ2n) is 4.50. The molecule has 1 heterocycles. The van der Waals surface area contributed by atoms with Crippen molar-refractivity contribution in [3.05, 3.63) is 4.88 Å². The number of rotatable bonds is 7. The molecule has 21 heavy (non-hydrogen) atoms. The molecule has 0 saturated heterocycles. The Morgan fingerprint density at radius 1 is 1.29 bits per heavy atom. The van der Waals surface area contributed by atoms with E-state index in [1.807, 2.05) is 25.7 Å². The van der Waals surface area contributed by atoms with Crippen LogP contribution in [0.25, 0.3) is 0 Å². The number of nitrogen functional groups attached to an aromatic ring is 1. The summed E-state index contributed by atoms with van der Waals surface area (Å²) >= 11 is 1.26. The molecule has 3 N–H and O–H groups in total. The minimum Gasteiger partial charge on any atom is -0.382 e. The molecule has 1 rings (SSSR count). The van der Waals surface area contributed by atoms with Crippen molar-refractivity contribution < 1.29 is 9.59 Å². The summed E-state index contributed by atoms with van der Waals surface area (Å²) < 4.78 is 0. The number of hydrogen-bond donors (Lipinski definition) is 2. The Hall–Kier alpha value is -1.83. The molecule has 0 aliphatic rings. The summed E-state index contributed by atoms with van der Waals surface area (Å²) in [6.45, 7) is 8.00. The largest absolute Gasteiger partial charge is 0.382 e. The lowest BCUT2D eigenvalue weighted by Gasteiger charge is -2.17. The Bertz CT molecular complexity index is 499. The van der Waals surface area contributed by atoms with Gasteiger partial charge in [0, 0.05) is 26.7 Å². The number of hydrogen-bond acceptors (Lipinski definition) is 6. The van der Waals surface area contributed by atoms with Crippen LogP contribution in [0.4, 0.5) is 10.9 Å². The van der Waals surface area contributed by atoms with Gasteiger partial charge in [0.15, 0.2) is 5.13 Å². The molecule has 0 aliphatic heterocycles. The smallest absolute Gasteiger partial charge is 0.268 e. The van der Waals surface area contributed by atoms with Gasteiger partial charge in [0.25, 0.3) is 5.91 Å². The summed E-state index contributed by atoms with van der Waals surface area (Å²) in [6, 6.07) is 0. The van der Waals surface area contributed by atoms with Crippen LogP contribution < -0.4 is 16.0 Å². The molecule has 0 bridgehead atoms. The molecule has 7 nitrogen and oxygen atoms in total. The first-order valence-corrected chi connectivity index (χ1v) is 7.79. The summed E-state index contributed by atoms with van der Waals surface area (Å²) in [6.07, 6.45) is 0. The first-order valence-electron chi connectivity index (χ1n) is 6.97. The van der Waals surface area contributed by atoms with Gasteiger partial charge >= 0.3 is 0 Å². The van der Waals surface area contributed by atoms with E-state index in [0.29, 0.717) is 11.4 Å². The molecular formula is C13H23N5O2S. The highest BCUT2D eigenvalue weighted by Crippen LogP contribution is 2.28. The normalized spacial score (nSPS) is 10.3. The summed E-state index contributed by atoms with van der Waals surface area (Å²) in [5, 5.41) is 3.38. The number of amides is 2. The van der Waals surface area contributed by atoms with Gasteiger partial charge < -0.3 is 20.9 Å². The van der Waals surface area contributed by atoms with E-state index in [4.69, 9.17) is 5.73 Å². The average molecular weight is 313 g/mol. The summed E-state index contributed by atoms with van der Waals surface area (Å²) in [5.74, 6) is -0.260. The van der Waals surface area contributed by atoms with Crippen LogP contribution >= 0.6 is 11.3 Å². The number of nitrogens with two attached hydrogens (primary N) is 1. The lowest BCUT2D eigenvalue weighted by molar-refractivity contribution is -0.121. The fourth-order valence-electron chi connectivity index (χ4n) is 1.82. The molecule has 0 atom stereocenters. The second kappa shape index (κ2) is 7.82. The van der Waals surface area contributed by atoms with E-state index in [-0.39, 0.29) is 24.2 Å². The molecule has 0 saturated carbocycles. The predicted octanol–water partition coefficient (Wildman–Crippen LogP) is 0.780. The van der Waals surface area contributed by atoms with Crippen molar-refractivity contribution in [3.8, 4) is 0 Å². The van der Waals surface area contributed by atoms with E-state index in [9.17, 15) is 9.59 Å². The standard InChI is InChI=1S/C13H23N5O2S/c1-5-15-9(19)8-17(4)12(20)10-11(14)16-13(21-10)18(6-2)7-3/h5-8,14H2,1-4H3,(H,15,19). The highest BCUT2D eigenvalue weighted by molar-refractivity contribution is 7.18. The van der Waals surface area contributed by atoms with Crippen molar-refractivity contribution in [1.82, 2.24) is 15.2 Å². The highest BCUT2D eigenvalue weighted by atomic mass is 32.1. The Balaban J connectivity index is 2.85. The third-order valence-electron chi connectivity index (χ3n) is 2.97. The lowest BCUT2D eigenvalue weighted by atomic mass is 10.4. The summed E-state index contributed by atoms with van der Waals surface area (Å²) in [5.41, 5.74) is 5.84. The molecule has 8 heteroatoms. The van der Waals surface area contributed by atoms with Crippen LogP contribution in [0.5, 0.6) is 0 Å². The van der Waals surface area contributed by atoms with Gasteiger partial charge in [-0.15, -0.1) is 0 Å². The first kappa shape index (κ1) is 17.2. The van der Waals surface area contributed by atoms with Crippen LogP contribution in [-0.2, 0) is 4.79 Å². The van der Waals surface area contributed by atoms with E-state index in [1.165, 1.54) is 16.2 Å². The van der Waals surface area contributed by atoms with Crippen molar-refractivity contribution in [1.29, 1.82) is 0 Å². The van der Waals surface area contributed by atoms with Crippen LogP contribution in [0.2, 0.25) is 0 Å². The quantitative estimate of drug-likeness (QED) is 0.776. The monoisotopic (exact) mass is 313 g/mol. The number of likely N-dealkylation sites (N-methyl/N-ethyl adjacent to an activating group) is 2. The zero-order chi connectivity index (χ0) is 16.0. The molecule has 0 fully saturated rings. The SMILES string of the molecule is CCNC(=O)CN(C)C(=O)c1sc(N(CC)CC)nc1N. The molecular weight excluding hydrogens is 290 g/mol. The van der Waals surface area contributed by atoms with Crippen molar-refractivity contribution in [3.63, 3.8) is 0 Å². The highest BCUT2D eigenvalue weighted by Gasteiger charge is 2.22. The van der Waals surface area contributed by atoms with Gasteiger partial charge in [-0.25, -0.2) is 4.98 Å². The van der Waals surface area contributed by atoms with Crippen LogP contribution in [0, 0.1) is 0 Å². The third-order valence-corrected chi connectivity index (χ3v) is 4.09. The maximum absolute atomic E-state index is 12.3. The lowest BCUT2D eigenvalue weighted by Crippen LogP contribution is -2.38. The van der Waals surface area contributed by atoms with Crippen molar-refractivity contribution >= 4 is 34.1 Å². The molecule has 2 amide bonds. The summed E-state index contributed by atoms with van der Waals surface area (Å²) in [4.78, 5) is 31.9. The van der Waals surface area contributed by atoms with Gasteiger partial charge in [0.05, 0.1) is 6.54 Å². The van der Waals surface area contributed by atoms with Crippen molar-refractivity contribution in [2.45, 2.75) is 20.8 Å². The van der Waals surface area contributed by atoms with Crippen LogP contribution in [0.3, 0.4) is 0 Å². The second-order valence-corrected chi connectivity index (χ2v) is 5.48. The number of carbonyl (C=O) groups is 2. The van der Waals surface area contributed by atoms with Crippen LogP contribution in [0.1, 0.15) is 30.4 Å². The Kier molecular flexibility index (Phi) is 6.41. The molecule has 0 spiro atoms. The van der Waals surface area contributed by atoms with Gasteiger partial charge in [0.2, 0.25) is 5.91 Å². The molecule has 0 unspecified atom stereocenters. The first-order chi connectivity index (χ1) is 9.94. The van der Waals surface area contributed by atoms with Gasteiger partial charge in [-0.3, -0.25) is 9.59 Å². The number of thiazole rings is 1. The van der Waals surface area contributed by atoms with E-state index in [1.54, 1.807) is 7.05 Å². The summed E-state index contributed by atoms with van der Waals surface area (Å²) in [7, 11) is 1.58. The zero-order valence-electron chi connectivity index (χ0n) is 13.0. The van der Waals surface area contributed by atoms with E-state index in [2.05, 4.69) is 10.3 Å². The Labute approximate surface area is 129 Å². The average Bonchev–Trinajstić information content (AvgIpc) is 2.81. The molecule has 118 valence electrons. The minimum atomic E-state index is -0.283. The molecule has 1 aromatic heterocycles. The fraction of sp³-hybridized carbons (Fsp3) is 0.615. The number of carbonyl (C=O) groups excluding carboxylic acids is 2.